The van der Waals surface area contributed by atoms with Crippen LogP contribution in [0.25, 0.3) is 22.2 Å². The van der Waals surface area contributed by atoms with Crippen molar-refractivity contribution in [3.63, 3.8) is 0 Å². The van der Waals surface area contributed by atoms with Crippen LogP contribution >= 0.6 is 0 Å². The summed E-state index contributed by atoms with van der Waals surface area (Å²) >= 11 is 0. The summed E-state index contributed by atoms with van der Waals surface area (Å²) in [5, 5.41) is 1.12. The monoisotopic (exact) mass is 207 g/mol. The third-order valence-corrected chi connectivity index (χ3v) is 2.46. The van der Waals surface area contributed by atoms with E-state index >= 15 is 0 Å². The van der Waals surface area contributed by atoms with E-state index in [-0.39, 0.29) is 0 Å². The summed E-state index contributed by atoms with van der Waals surface area (Å²) in [5.74, 6) is 0. The summed E-state index contributed by atoms with van der Waals surface area (Å²) in [6, 6.07) is 10.1. The van der Waals surface area contributed by atoms with Gasteiger partial charge in [-0.25, -0.2) is 0 Å². The Hall–Kier alpha value is -2.29. The molecule has 0 aliphatic heterocycles. The minimum atomic E-state index is 0.883. The molecule has 16 heavy (non-hydrogen) atoms. The SMILES string of the molecule is c1cnc2ccc(-c3cnccn3)cc2c1. The van der Waals surface area contributed by atoms with Crippen molar-refractivity contribution in [2.24, 2.45) is 0 Å². The van der Waals surface area contributed by atoms with Gasteiger partial charge in [-0.2, -0.15) is 0 Å². The molecule has 3 aromatic rings. The Labute approximate surface area is 92.8 Å². The van der Waals surface area contributed by atoms with Crippen LogP contribution in [0.15, 0.2) is 55.1 Å². The summed E-state index contributed by atoms with van der Waals surface area (Å²) in [4.78, 5) is 12.6. The first-order chi connectivity index (χ1) is 7.93. The molecular weight excluding hydrogens is 198 g/mol. The van der Waals surface area contributed by atoms with E-state index < -0.39 is 0 Å². The Morgan fingerprint density at radius 2 is 1.88 bits per heavy atom. The molecule has 0 saturated carbocycles. The van der Waals surface area contributed by atoms with Gasteiger partial charge < -0.3 is 0 Å². The van der Waals surface area contributed by atoms with Crippen LogP contribution in [0.4, 0.5) is 0 Å². The van der Waals surface area contributed by atoms with Gasteiger partial charge in [-0.15, -0.1) is 0 Å². The second-order valence-electron chi connectivity index (χ2n) is 3.50. The molecule has 76 valence electrons. The second kappa shape index (κ2) is 3.70. The van der Waals surface area contributed by atoms with Crippen molar-refractivity contribution < 1.29 is 0 Å². The summed E-state index contributed by atoms with van der Waals surface area (Å²) in [6.45, 7) is 0. The molecule has 0 radical (unpaired) electrons. The molecule has 2 heterocycles. The fourth-order valence-electron chi connectivity index (χ4n) is 1.68. The van der Waals surface area contributed by atoms with E-state index in [0.29, 0.717) is 0 Å². The molecule has 0 amide bonds. The highest BCUT2D eigenvalue weighted by molar-refractivity contribution is 5.83. The first-order valence-corrected chi connectivity index (χ1v) is 5.05. The lowest BCUT2D eigenvalue weighted by atomic mass is 10.1. The quantitative estimate of drug-likeness (QED) is 0.615. The van der Waals surface area contributed by atoms with Crippen LogP contribution in [0.3, 0.4) is 0 Å². The molecule has 0 saturated heterocycles. The molecule has 0 N–H and O–H groups in total. The van der Waals surface area contributed by atoms with E-state index in [1.54, 1.807) is 24.8 Å². The van der Waals surface area contributed by atoms with Crippen LogP contribution < -0.4 is 0 Å². The van der Waals surface area contributed by atoms with E-state index in [2.05, 4.69) is 21.0 Å². The second-order valence-corrected chi connectivity index (χ2v) is 3.50. The van der Waals surface area contributed by atoms with Gasteiger partial charge in [0.05, 0.1) is 17.4 Å². The highest BCUT2D eigenvalue weighted by atomic mass is 14.8. The van der Waals surface area contributed by atoms with E-state index in [1.165, 1.54) is 0 Å². The smallest absolute Gasteiger partial charge is 0.0885 e. The molecule has 0 aliphatic carbocycles. The van der Waals surface area contributed by atoms with Crippen molar-refractivity contribution in [2.75, 3.05) is 0 Å². The van der Waals surface area contributed by atoms with Gasteiger partial charge in [0.2, 0.25) is 0 Å². The molecule has 0 aliphatic rings. The zero-order valence-corrected chi connectivity index (χ0v) is 8.54. The zero-order chi connectivity index (χ0) is 10.8. The van der Waals surface area contributed by atoms with Crippen LogP contribution in [0.1, 0.15) is 0 Å². The number of aromatic nitrogens is 3. The van der Waals surface area contributed by atoms with Crippen LogP contribution in [0, 0.1) is 0 Å². The van der Waals surface area contributed by atoms with Gasteiger partial charge in [-0.1, -0.05) is 12.1 Å². The molecule has 0 spiro atoms. The van der Waals surface area contributed by atoms with Crippen molar-refractivity contribution in [3.8, 4) is 11.3 Å². The van der Waals surface area contributed by atoms with E-state index in [9.17, 15) is 0 Å². The van der Waals surface area contributed by atoms with Gasteiger partial charge in [-0.05, 0) is 18.2 Å². The van der Waals surface area contributed by atoms with Gasteiger partial charge in [0, 0.05) is 29.5 Å². The van der Waals surface area contributed by atoms with Crippen molar-refractivity contribution in [1.82, 2.24) is 15.0 Å². The molecule has 1 aromatic carbocycles. The maximum absolute atomic E-state index is 4.28. The fourth-order valence-corrected chi connectivity index (χ4v) is 1.68. The topological polar surface area (TPSA) is 38.7 Å². The van der Waals surface area contributed by atoms with E-state index in [1.807, 2.05) is 24.3 Å². The maximum atomic E-state index is 4.28. The van der Waals surface area contributed by atoms with Crippen LogP contribution in [-0.2, 0) is 0 Å². The minimum Gasteiger partial charge on any atom is -0.261 e. The number of pyridine rings is 1. The van der Waals surface area contributed by atoms with Crippen LogP contribution in [-0.4, -0.2) is 15.0 Å². The normalized spacial score (nSPS) is 10.5. The average Bonchev–Trinajstić information content (AvgIpc) is 2.39. The van der Waals surface area contributed by atoms with E-state index in [0.717, 1.165) is 22.2 Å². The first-order valence-electron chi connectivity index (χ1n) is 5.05. The standard InChI is InChI=1S/C13H9N3/c1-2-10-8-11(3-4-12(10)15-5-1)13-9-14-6-7-16-13/h1-9H. The van der Waals surface area contributed by atoms with Crippen molar-refractivity contribution in [3.05, 3.63) is 55.1 Å². The predicted octanol–water partition coefficient (Wildman–Crippen LogP) is 2.69. The third-order valence-electron chi connectivity index (χ3n) is 2.46. The maximum Gasteiger partial charge on any atom is 0.0885 e. The highest BCUT2D eigenvalue weighted by Crippen LogP contribution is 2.20. The molecular formula is C13H9N3. The van der Waals surface area contributed by atoms with Gasteiger partial charge in [0.15, 0.2) is 0 Å². The minimum absolute atomic E-state index is 0.883. The molecule has 2 aromatic heterocycles. The van der Waals surface area contributed by atoms with Gasteiger partial charge in [-0.3, -0.25) is 15.0 Å². The predicted molar refractivity (Wildman–Crippen MR) is 62.8 cm³/mol. The number of benzene rings is 1. The summed E-state index contributed by atoms with van der Waals surface area (Å²) in [5.41, 5.74) is 2.94. The lowest BCUT2D eigenvalue weighted by Gasteiger charge is -2.01. The summed E-state index contributed by atoms with van der Waals surface area (Å²) in [6.07, 6.45) is 6.93. The Morgan fingerprint density at radius 1 is 0.875 bits per heavy atom. The van der Waals surface area contributed by atoms with Crippen molar-refractivity contribution in [2.45, 2.75) is 0 Å². The Balaban J connectivity index is 2.19. The molecule has 0 atom stereocenters. The van der Waals surface area contributed by atoms with Gasteiger partial charge in [0.25, 0.3) is 0 Å². The lowest BCUT2D eigenvalue weighted by Crippen LogP contribution is -1.85. The molecule has 0 bridgehead atoms. The number of hydrogen-bond donors (Lipinski definition) is 0. The lowest BCUT2D eigenvalue weighted by molar-refractivity contribution is 1.21. The van der Waals surface area contributed by atoms with Crippen molar-refractivity contribution >= 4 is 10.9 Å². The molecule has 3 nitrogen and oxygen atoms in total. The summed E-state index contributed by atoms with van der Waals surface area (Å²) in [7, 11) is 0. The number of hydrogen-bond acceptors (Lipinski definition) is 3. The molecule has 0 unspecified atom stereocenters. The Bertz CT molecular complexity index is 620. The fraction of sp³-hybridized carbons (Fsp3) is 0. The first kappa shape index (κ1) is 8.97. The Kier molecular flexibility index (Phi) is 2.07. The zero-order valence-electron chi connectivity index (χ0n) is 8.54. The Morgan fingerprint density at radius 3 is 2.75 bits per heavy atom. The van der Waals surface area contributed by atoms with Crippen LogP contribution in [0.5, 0.6) is 0 Å². The highest BCUT2D eigenvalue weighted by Gasteiger charge is 2.00. The molecule has 0 fully saturated rings. The van der Waals surface area contributed by atoms with Crippen molar-refractivity contribution in [1.29, 1.82) is 0 Å². The largest absolute Gasteiger partial charge is 0.261 e. The molecule has 3 rings (SSSR count). The molecule has 3 heteroatoms. The summed E-state index contributed by atoms with van der Waals surface area (Å²) < 4.78 is 0. The average molecular weight is 207 g/mol. The van der Waals surface area contributed by atoms with Gasteiger partial charge in [0.1, 0.15) is 0 Å². The van der Waals surface area contributed by atoms with E-state index in [4.69, 9.17) is 0 Å². The number of fused-ring (bicyclic) bond motifs is 1. The number of nitrogens with zero attached hydrogens (tertiary/aromatic N) is 3. The third kappa shape index (κ3) is 1.52. The number of rotatable bonds is 1. The van der Waals surface area contributed by atoms with Crippen LogP contribution in [0.2, 0.25) is 0 Å². The van der Waals surface area contributed by atoms with Gasteiger partial charge >= 0.3 is 0 Å².